The fraction of sp³-hybridized carbons (Fsp3) is 0.350. The van der Waals surface area contributed by atoms with Crippen molar-refractivity contribution in [2.24, 2.45) is 0 Å². The second-order valence-corrected chi connectivity index (χ2v) is 7.24. The third-order valence-corrected chi connectivity index (χ3v) is 5.70. The summed E-state index contributed by atoms with van der Waals surface area (Å²) in [7, 11) is 0. The first-order chi connectivity index (χ1) is 11.1. The minimum Gasteiger partial charge on any atom is -0.351 e. The number of aryl methyl sites for hydroxylation is 1. The number of nitrogens with one attached hydrogen (secondary N) is 1. The van der Waals surface area contributed by atoms with Gasteiger partial charge in [-0.25, -0.2) is 0 Å². The molecule has 2 aromatic carbocycles. The maximum atomic E-state index is 12.6. The predicted molar refractivity (Wildman–Crippen MR) is 97.3 cm³/mol. The molecule has 0 radical (unpaired) electrons. The molecule has 1 N–H and O–H groups in total. The summed E-state index contributed by atoms with van der Waals surface area (Å²) in [6.45, 7) is 2.72. The van der Waals surface area contributed by atoms with E-state index in [2.05, 4.69) is 35.6 Å². The number of carbonyl (C=O) groups is 1. The molecule has 3 heteroatoms. The van der Waals surface area contributed by atoms with Crippen LogP contribution < -0.4 is 5.32 Å². The molecule has 0 heterocycles. The minimum atomic E-state index is 0.0422. The number of rotatable bonds is 5. The first-order valence-electron chi connectivity index (χ1n) is 8.13. The first kappa shape index (κ1) is 16.1. The van der Waals surface area contributed by atoms with Gasteiger partial charge in [0.05, 0.1) is 0 Å². The van der Waals surface area contributed by atoms with Gasteiger partial charge in [-0.15, -0.1) is 11.8 Å². The van der Waals surface area contributed by atoms with Crippen LogP contribution in [0.25, 0.3) is 0 Å². The summed E-state index contributed by atoms with van der Waals surface area (Å²) >= 11 is 1.67. The van der Waals surface area contributed by atoms with Crippen LogP contribution >= 0.6 is 11.8 Å². The average molecular weight is 325 g/mol. The zero-order valence-electron chi connectivity index (χ0n) is 13.8. The van der Waals surface area contributed by atoms with Gasteiger partial charge in [0.25, 0.3) is 5.91 Å². The van der Waals surface area contributed by atoms with E-state index >= 15 is 0 Å². The Kier molecular flexibility index (Phi) is 4.76. The first-order valence-corrected chi connectivity index (χ1v) is 9.35. The zero-order chi connectivity index (χ0) is 16.3. The molecule has 0 bridgehead atoms. The fourth-order valence-corrected chi connectivity index (χ4v) is 3.72. The van der Waals surface area contributed by atoms with E-state index in [0.717, 1.165) is 35.4 Å². The quantitative estimate of drug-likeness (QED) is 0.816. The second-order valence-electron chi connectivity index (χ2n) is 6.36. The monoisotopic (exact) mass is 325 g/mol. The predicted octanol–water partition coefficient (Wildman–Crippen LogP) is 4.57. The molecular formula is C20H23NOS. The molecule has 3 rings (SSSR count). The molecule has 0 aliphatic heterocycles. The molecule has 23 heavy (non-hydrogen) atoms. The second kappa shape index (κ2) is 6.79. The molecule has 2 aromatic rings. The Morgan fingerprint density at radius 2 is 1.91 bits per heavy atom. The van der Waals surface area contributed by atoms with E-state index in [1.165, 1.54) is 12.0 Å². The van der Waals surface area contributed by atoms with Crippen LogP contribution in [0.5, 0.6) is 0 Å². The van der Waals surface area contributed by atoms with Crippen LogP contribution in [0.2, 0.25) is 0 Å². The Hall–Kier alpha value is -1.74. The molecule has 1 aliphatic rings. The lowest BCUT2D eigenvalue weighted by molar-refractivity contribution is 0.0927. The van der Waals surface area contributed by atoms with Crippen molar-refractivity contribution in [3.63, 3.8) is 0 Å². The smallest absolute Gasteiger partial charge is 0.251 e. The summed E-state index contributed by atoms with van der Waals surface area (Å²) in [4.78, 5) is 13.8. The van der Waals surface area contributed by atoms with Gasteiger partial charge in [0, 0.05) is 22.4 Å². The number of benzene rings is 2. The maximum absolute atomic E-state index is 12.6. The highest BCUT2D eigenvalue weighted by Gasteiger charge is 2.38. The summed E-state index contributed by atoms with van der Waals surface area (Å²) in [5.74, 6) is 0.0422. The van der Waals surface area contributed by atoms with Gasteiger partial charge in [0.15, 0.2) is 0 Å². The summed E-state index contributed by atoms with van der Waals surface area (Å²) in [6.07, 6.45) is 5.58. The maximum Gasteiger partial charge on any atom is 0.251 e. The van der Waals surface area contributed by atoms with E-state index < -0.39 is 0 Å². The summed E-state index contributed by atoms with van der Waals surface area (Å²) in [5.41, 5.74) is 3.30. The van der Waals surface area contributed by atoms with Crippen molar-refractivity contribution in [1.82, 2.24) is 5.32 Å². The average Bonchev–Trinajstić information content (AvgIpc) is 2.55. The Labute approximate surface area is 142 Å². The number of carbonyl (C=O) groups excluding carboxylic acids is 1. The van der Waals surface area contributed by atoms with Gasteiger partial charge in [-0.05, 0) is 49.3 Å². The molecule has 0 atom stereocenters. The van der Waals surface area contributed by atoms with Gasteiger partial charge in [-0.3, -0.25) is 4.79 Å². The van der Waals surface area contributed by atoms with Gasteiger partial charge in [0.2, 0.25) is 0 Å². The van der Waals surface area contributed by atoms with E-state index in [0.29, 0.717) is 0 Å². The van der Waals surface area contributed by atoms with Crippen molar-refractivity contribution in [1.29, 1.82) is 0 Å². The van der Waals surface area contributed by atoms with Crippen molar-refractivity contribution in [2.75, 3.05) is 12.8 Å². The summed E-state index contributed by atoms with van der Waals surface area (Å²) in [5, 5.41) is 3.18. The van der Waals surface area contributed by atoms with Crippen molar-refractivity contribution in [3.05, 3.63) is 65.2 Å². The molecule has 1 amide bonds. The normalized spacial score (nSPS) is 15.7. The van der Waals surface area contributed by atoms with Crippen LogP contribution in [0.1, 0.15) is 40.7 Å². The van der Waals surface area contributed by atoms with Crippen LogP contribution in [0.15, 0.2) is 53.4 Å². The van der Waals surface area contributed by atoms with Gasteiger partial charge in [-0.2, -0.15) is 0 Å². The van der Waals surface area contributed by atoms with E-state index in [9.17, 15) is 4.79 Å². The summed E-state index contributed by atoms with van der Waals surface area (Å²) < 4.78 is 0. The lowest BCUT2D eigenvalue weighted by Gasteiger charge is -2.42. The van der Waals surface area contributed by atoms with Crippen molar-refractivity contribution >= 4 is 17.7 Å². The fourth-order valence-electron chi connectivity index (χ4n) is 3.28. The van der Waals surface area contributed by atoms with E-state index in [1.54, 1.807) is 11.8 Å². The van der Waals surface area contributed by atoms with Gasteiger partial charge in [-0.1, -0.05) is 42.8 Å². The third-order valence-electron chi connectivity index (χ3n) is 4.97. The lowest BCUT2D eigenvalue weighted by Crippen LogP contribution is -2.45. The Morgan fingerprint density at radius 3 is 2.52 bits per heavy atom. The number of amides is 1. The number of hydrogen-bond donors (Lipinski definition) is 1. The van der Waals surface area contributed by atoms with Gasteiger partial charge < -0.3 is 5.32 Å². The third kappa shape index (κ3) is 3.30. The van der Waals surface area contributed by atoms with Crippen LogP contribution in [0.4, 0.5) is 0 Å². The zero-order valence-corrected chi connectivity index (χ0v) is 14.6. The molecule has 0 saturated heterocycles. The number of hydrogen-bond acceptors (Lipinski definition) is 2. The van der Waals surface area contributed by atoms with E-state index in [-0.39, 0.29) is 11.3 Å². The summed E-state index contributed by atoms with van der Waals surface area (Å²) in [6, 6.07) is 16.7. The SMILES string of the molecule is CSc1ccc(C)c(C(=O)NCC2(c3ccccc3)CCC2)c1. The van der Waals surface area contributed by atoms with Crippen LogP contribution in [0, 0.1) is 6.92 Å². The van der Waals surface area contributed by atoms with Crippen molar-refractivity contribution in [2.45, 2.75) is 36.5 Å². The van der Waals surface area contributed by atoms with Gasteiger partial charge in [0.1, 0.15) is 0 Å². The van der Waals surface area contributed by atoms with E-state index in [4.69, 9.17) is 0 Å². The molecule has 1 saturated carbocycles. The molecule has 120 valence electrons. The van der Waals surface area contributed by atoms with Crippen LogP contribution in [0.3, 0.4) is 0 Å². The molecule has 0 unspecified atom stereocenters. The standard InChI is InChI=1S/C20H23NOS/c1-15-9-10-17(23-2)13-18(15)19(22)21-14-20(11-6-12-20)16-7-4-3-5-8-16/h3-5,7-10,13H,6,11-12,14H2,1-2H3,(H,21,22). The Morgan fingerprint density at radius 1 is 1.17 bits per heavy atom. The highest BCUT2D eigenvalue weighted by atomic mass is 32.2. The van der Waals surface area contributed by atoms with Crippen LogP contribution in [-0.4, -0.2) is 18.7 Å². The van der Waals surface area contributed by atoms with Crippen molar-refractivity contribution in [3.8, 4) is 0 Å². The van der Waals surface area contributed by atoms with E-state index in [1.807, 2.05) is 31.4 Å². The highest BCUT2D eigenvalue weighted by molar-refractivity contribution is 7.98. The Bertz CT molecular complexity index is 692. The molecule has 2 nitrogen and oxygen atoms in total. The highest BCUT2D eigenvalue weighted by Crippen LogP contribution is 2.43. The van der Waals surface area contributed by atoms with Crippen LogP contribution in [-0.2, 0) is 5.41 Å². The number of thioether (sulfide) groups is 1. The topological polar surface area (TPSA) is 29.1 Å². The molecule has 0 spiro atoms. The molecule has 0 aromatic heterocycles. The van der Waals surface area contributed by atoms with Gasteiger partial charge >= 0.3 is 0 Å². The largest absolute Gasteiger partial charge is 0.351 e. The molecule has 1 aliphatic carbocycles. The molecule has 1 fully saturated rings. The lowest BCUT2D eigenvalue weighted by atomic mass is 9.64. The van der Waals surface area contributed by atoms with Crippen molar-refractivity contribution < 1.29 is 4.79 Å². The molecular weight excluding hydrogens is 302 g/mol. The Balaban J connectivity index is 1.74. The minimum absolute atomic E-state index is 0.0422.